The lowest BCUT2D eigenvalue weighted by Crippen LogP contribution is -2.32. The van der Waals surface area contributed by atoms with Crippen LogP contribution in [0.4, 0.5) is 0 Å². The second kappa shape index (κ2) is 12.9. The number of para-hydroxylation sites is 1. The normalized spacial score (nSPS) is 12.5. The van der Waals surface area contributed by atoms with Crippen LogP contribution in [0.3, 0.4) is 0 Å². The zero-order valence-corrected chi connectivity index (χ0v) is 25.0. The number of carbonyl (C=O) groups excluding carboxylic acids is 1. The second-order valence-electron chi connectivity index (χ2n) is 9.86. The molecule has 42 heavy (non-hydrogen) atoms. The number of amides is 1. The predicted octanol–water partition coefficient (Wildman–Crippen LogP) is 6.86. The number of hydrogen-bond donors (Lipinski definition) is 2. The molecule has 1 atom stereocenters. The van der Waals surface area contributed by atoms with Crippen molar-refractivity contribution in [3.05, 3.63) is 136 Å². The van der Waals surface area contributed by atoms with Crippen LogP contribution in [0, 0.1) is 6.92 Å². The fourth-order valence-electron chi connectivity index (χ4n) is 4.63. The van der Waals surface area contributed by atoms with Gasteiger partial charge in [-0.1, -0.05) is 95.5 Å². The van der Waals surface area contributed by atoms with Gasteiger partial charge >= 0.3 is 0 Å². The maximum Gasteiger partial charge on any atom is 0.242 e. The van der Waals surface area contributed by atoms with Gasteiger partial charge in [0.15, 0.2) is 0 Å². The number of aromatic nitrogens is 1. The molecule has 1 heterocycles. The Bertz CT molecular complexity index is 1850. The Balaban J connectivity index is 1.32. The standard InChI is InChI=1S/C32H28Cl2N4O3S/c1-22-11-15-27(16-12-22)42(40,41)37-30(23-7-3-2-4-8-23)18-32(39)36-35-19-25-21-38(31-10-6-5-9-28(25)31)20-24-13-14-26(33)17-29(24)34/h2-17,19,21,30,37H,18,20H2,1H3,(H,36,39)/b35-19-/t30-/m0/s1. The van der Waals surface area contributed by atoms with Crippen LogP contribution in [0.25, 0.3) is 10.9 Å². The van der Waals surface area contributed by atoms with Crippen molar-refractivity contribution >= 4 is 56.2 Å². The molecule has 0 fully saturated rings. The van der Waals surface area contributed by atoms with E-state index in [9.17, 15) is 13.2 Å². The Morgan fingerprint density at radius 1 is 0.952 bits per heavy atom. The smallest absolute Gasteiger partial charge is 0.242 e. The molecule has 0 aliphatic rings. The van der Waals surface area contributed by atoms with Crippen molar-refractivity contribution in [3.63, 3.8) is 0 Å². The number of carbonyl (C=O) groups is 1. The van der Waals surface area contributed by atoms with Gasteiger partial charge < -0.3 is 4.57 Å². The first-order valence-corrected chi connectivity index (χ1v) is 15.4. The average Bonchev–Trinajstić information content (AvgIpc) is 3.32. The van der Waals surface area contributed by atoms with Crippen LogP contribution in [-0.4, -0.2) is 25.1 Å². The van der Waals surface area contributed by atoms with E-state index in [1.807, 2.05) is 49.5 Å². The molecule has 0 saturated heterocycles. The molecule has 7 nitrogen and oxygen atoms in total. The summed E-state index contributed by atoms with van der Waals surface area (Å²) in [5, 5.41) is 6.30. The number of benzene rings is 4. The fraction of sp³-hybridized carbons (Fsp3) is 0.125. The third kappa shape index (κ3) is 7.09. The highest BCUT2D eigenvalue weighted by atomic mass is 35.5. The summed E-state index contributed by atoms with van der Waals surface area (Å²) in [5.74, 6) is -0.441. The molecule has 0 unspecified atom stereocenters. The quantitative estimate of drug-likeness (QED) is 0.132. The van der Waals surface area contributed by atoms with Gasteiger partial charge in [-0.15, -0.1) is 0 Å². The van der Waals surface area contributed by atoms with E-state index in [-0.39, 0.29) is 11.3 Å². The topological polar surface area (TPSA) is 92.6 Å². The molecule has 1 aromatic heterocycles. The molecule has 0 saturated carbocycles. The molecule has 0 bridgehead atoms. The van der Waals surface area contributed by atoms with E-state index in [1.165, 1.54) is 0 Å². The maximum absolute atomic E-state index is 13.1. The largest absolute Gasteiger partial charge is 0.342 e. The number of hydrogen-bond acceptors (Lipinski definition) is 4. The third-order valence-electron chi connectivity index (χ3n) is 6.79. The Labute approximate surface area is 254 Å². The molecular weight excluding hydrogens is 591 g/mol. The van der Waals surface area contributed by atoms with Crippen LogP contribution in [0.15, 0.2) is 113 Å². The molecule has 0 radical (unpaired) electrons. The lowest BCUT2D eigenvalue weighted by atomic mass is 10.0. The van der Waals surface area contributed by atoms with Gasteiger partial charge in [-0.2, -0.15) is 5.10 Å². The molecule has 0 aliphatic carbocycles. The van der Waals surface area contributed by atoms with E-state index in [2.05, 4.69) is 19.8 Å². The number of sulfonamides is 1. The summed E-state index contributed by atoms with van der Waals surface area (Å²) in [5.41, 5.74) is 6.86. The van der Waals surface area contributed by atoms with Gasteiger partial charge in [0.05, 0.1) is 17.2 Å². The van der Waals surface area contributed by atoms with Gasteiger partial charge in [0, 0.05) is 45.7 Å². The molecule has 4 aromatic carbocycles. The molecule has 10 heteroatoms. The summed E-state index contributed by atoms with van der Waals surface area (Å²) in [6, 6.07) is 28.0. The molecule has 0 aliphatic heterocycles. The number of nitrogens with one attached hydrogen (secondary N) is 2. The van der Waals surface area contributed by atoms with Gasteiger partial charge in [-0.05, 0) is 48.4 Å². The molecular formula is C32H28Cl2N4O3S. The van der Waals surface area contributed by atoms with Gasteiger partial charge in [0.25, 0.3) is 0 Å². The lowest BCUT2D eigenvalue weighted by Gasteiger charge is -2.18. The van der Waals surface area contributed by atoms with Gasteiger partial charge in [0.1, 0.15) is 0 Å². The van der Waals surface area contributed by atoms with E-state index in [4.69, 9.17) is 23.2 Å². The van der Waals surface area contributed by atoms with Gasteiger partial charge in [-0.25, -0.2) is 18.6 Å². The minimum atomic E-state index is -3.87. The Hall–Kier alpha value is -3.95. The first-order chi connectivity index (χ1) is 20.2. The van der Waals surface area contributed by atoms with E-state index in [1.54, 1.807) is 66.9 Å². The zero-order valence-electron chi connectivity index (χ0n) is 22.7. The van der Waals surface area contributed by atoms with Crippen LogP contribution in [0.5, 0.6) is 0 Å². The summed E-state index contributed by atoms with van der Waals surface area (Å²) in [6.45, 7) is 2.41. The SMILES string of the molecule is Cc1ccc(S(=O)(=O)N[C@@H](CC(=O)N/N=C\c2cn(Cc3ccc(Cl)cc3Cl)c3ccccc23)c2ccccc2)cc1. The summed E-state index contributed by atoms with van der Waals surface area (Å²) >= 11 is 12.5. The van der Waals surface area contributed by atoms with Crippen molar-refractivity contribution in [2.75, 3.05) is 0 Å². The van der Waals surface area contributed by atoms with E-state index >= 15 is 0 Å². The first kappa shape index (κ1) is 29.5. The summed E-state index contributed by atoms with van der Waals surface area (Å²) in [4.78, 5) is 13.1. The first-order valence-electron chi connectivity index (χ1n) is 13.2. The lowest BCUT2D eigenvalue weighted by molar-refractivity contribution is -0.121. The van der Waals surface area contributed by atoms with Crippen LogP contribution in [0.1, 0.15) is 34.7 Å². The zero-order chi connectivity index (χ0) is 29.7. The Morgan fingerprint density at radius 2 is 1.67 bits per heavy atom. The molecule has 2 N–H and O–H groups in total. The van der Waals surface area contributed by atoms with Crippen molar-refractivity contribution in [1.29, 1.82) is 0 Å². The van der Waals surface area contributed by atoms with E-state index in [0.717, 1.165) is 27.6 Å². The average molecular weight is 620 g/mol. The van der Waals surface area contributed by atoms with Crippen molar-refractivity contribution in [2.24, 2.45) is 5.10 Å². The summed E-state index contributed by atoms with van der Waals surface area (Å²) in [7, 11) is -3.87. The Morgan fingerprint density at radius 3 is 2.40 bits per heavy atom. The number of hydrazone groups is 1. The van der Waals surface area contributed by atoms with E-state index < -0.39 is 22.0 Å². The maximum atomic E-state index is 13.1. The highest BCUT2D eigenvalue weighted by Crippen LogP contribution is 2.26. The van der Waals surface area contributed by atoms with Crippen LogP contribution in [0.2, 0.25) is 10.0 Å². The van der Waals surface area contributed by atoms with Gasteiger partial charge in [0.2, 0.25) is 15.9 Å². The van der Waals surface area contributed by atoms with Crippen molar-refractivity contribution in [1.82, 2.24) is 14.7 Å². The van der Waals surface area contributed by atoms with Crippen molar-refractivity contribution in [2.45, 2.75) is 30.8 Å². The van der Waals surface area contributed by atoms with Crippen molar-refractivity contribution < 1.29 is 13.2 Å². The number of halogens is 2. The van der Waals surface area contributed by atoms with Gasteiger partial charge in [-0.3, -0.25) is 4.79 Å². The van der Waals surface area contributed by atoms with Crippen molar-refractivity contribution in [3.8, 4) is 0 Å². The molecule has 5 rings (SSSR count). The summed E-state index contributed by atoms with van der Waals surface area (Å²) < 4.78 is 31.0. The predicted molar refractivity (Wildman–Crippen MR) is 169 cm³/mol. The number of nitrogens with zero attached hydrogens (tertiary/aromatic N) is 2. The monoisotopic (exact) mass is 618 g/mol. The highest BCUT2D eigenvalue weighted by Gasteiger charge is 2.23. The highest BCUT2D eigenvalue weighted by molar-refractivity contribution is 7.89. The number of fused-ring (bicyclic) bond motifs is 1. The molecule has 214 valence electrons. The van der Waals surface area contributed by atoms with Crippen LogP contribution < -0.4 is 10.1 Å². The fourth-order valence-corrected chi connectivity index (χ4v) is 6.33. The second-order valence-corrected chi connectivity index (χ2v) is 12.4. The molecule has 0 spiro atoms. The minimum absolute atomic E-state index is 0.128. The molecule has 1 amide bonds. The summed E-state index contributed by atoms with van der Waals surface area (Å²) in [6.07, 6.45) is 3.37. The van der Waals surface area contributed by atoms with Crippen LogP contribution in [-0.2, 0) is 21.4 Å². The van der Waals surface area contributed by atoms with Crippen LogP contribution >= 0.6 is 23.2 Å². The Kier molecular flexibility index (Phi) is 9.09. The molecule has 5 aromatic rings. The number of aryl methyl sites for hydroxylation is 1. The third-order valence-corrected chi connectivity index (χ3v) is 8.86. The minimum Gasteiger partial charge on any atom is -0.342 e. The number of rotatable bonds is 10. The van der Waals surface area contributed by atoms with E-state index in [0.29, 0.717) is 22.2 Å².